The van der Waals surface area contributed by atoms with E-state index >= 15 is 0 Å². The highest BCUT2D eigenvalue weighted by atomic mass is 35.5. The molecule has 0 saturated carbocycles. The number of amides is 1. The molecule has 3 rings (SSSR count). The fourth-order valence-electron chi connectivity index (χ4n) is 2.74. The van der Waals surface area contributed by atoms with E-state index in [4.69, 9.17) is 11.6 Å². The lowest BCUT2D eigenvalue weighted by Crippen LogP contribution is -2.28. The molecule has 0 aliphatic carbocycles. The largest absolute Gasteiger partial charge is 0.351 e. The number of aromatic nitrogens is 1. The molecule has 0 bridgehead atoms. The summed E-state index contributed by atoms with van der Waals surface area (Å²) in [5.74, 6) is 0.0586. The molecule has 1 N–H and O–H groups in total. The molecule has 3 nitrogen and oxygen atoms in total. The van der Waals surface area contributed by atoms with Gasteiger partial charge in [0.25, 0.3) is 5.91 Å². The van der Waals surface area contributed by atoms with Gasteiger partial charge in [-0.2, -0.15) is 0 Å². The average molecular weight is 375 g/mol. The van der Waals surface area contributed by atoms with Gasteiger partial charge in [0.2, 0.25) is 0 Å². The molecule has 130 valence electrons. The number of fused-ring (bicyclic) bond motifs is 1. The quantitative estimate of drug-likeness (QED) is 0.685. The van der Waals surface area contributed by atoms with Crippen LogP contribution in [-0.2, 0) is 0 Å². The molecule has 1 aromatic heterocycles. The van der Waals surface area contributed by atoms with Crippen molar-refractivity contribution in [3.8, 4) is 0 Å². The highest BCUT2D eigenvalue weighted by Gasteiger charge is 2.16. The maximum atomic E-state index is 12.7. The first-order chi connectivity index (χ1) is 11.6. The third kappa shape index (κ3) is 4.30. The maximum absolute atomic E-state index is 12.7. The monoisotopic (exact) mass is 374 g/mol. The molecule has 2 aromatic carbocycles. The molecule has 1 heterocycles. The van der Waals surface area contributed by atoms with E-state index < -0.39 is 0 Å². The second kappa shape index (κ2) is 8.32. The van der Waals surface area contributed by atoms with E-state index in [2.05, 4.69) is 29.4 Å². The summed E-state index contributed by atoms with van der Waals surface area (Å²) < 4.78 is 0. The van der Waals surface area contributed by atoms with Crippen LogP contribution in [0.1, 0.15) is 34.5 Å². The summed E-state index contributed by atoms with van der Waals surface area (Å²) in [5, 5.41) is 4.21. The van der Waals surface area contributed by atoms with Crippen molar-refractivity contribution in [2.75, 3.05) is 6.54 Å². The molecule has 0 saturated heterocycles. The number of pyridine rings is 1. The summed E-state index contributed by atoms with van der Waals surface area (Å²) in [6.45, 7) is 4.56. The van der Waals surface area contributed by atoms with E-state index in [1.807, 2.05) is 43.3 Å². The molecule has 0 spiro atoms. The zero-order valence-corrected chi connectivity index (χ0v) is 15.7. The Morgan fingerprint density at radius 2 is 1.84 bits per heavy atom. The van der Waals surface area contributed by atoms with Crippen LogP contribution in [0.4, 0.5) is 0 Å². The van der Waals surface area contributed by atoms with Crippen molar-refractivity contribution in [3.63, 3.8) is 0 Å². The third-order valence-electron chi connectivity index (χ3n) is 4.12. The Kier molecular flexibility index (Phi) is 6.40. The van der Waals surface area contributed by atoms with E-state index in [0.29, 0.717) is 17.1 Å². The first-order valence-electron chi connectivity index (χ1n) is 7.95. The topological polar surface area (TPSA) is 42.0 Å². The highest BCUT2D eigenvalue weighted by molar-refractivity contribution is 6.35. The summed E-state index contributed by atoms with van der Waals surface area (Å²) in [6.07, 6.45) is 0. The summed E-state index contributed by atoms with van der Waals surface area (Å²) in [7, 11) is 0. The Balaban J connectivity index is 0.00000225. The first kappa shape index (κ1) is 19.2. The maximum Gasteiger partial charge on any atom is 0.253 e. The number of hydrogen-bond donors (Lipinski definition) is 1. The van der Waals surface area contributed by atoms with Crippen molar-refractivity contribution in [2.45, 2.75) is 19.8 Å². The van der Waals surface area contributed by atoms with Crippen molar-refractivity contribution >= 4 is 40.8 Å². The highest BCUT2D eigenvalue weighted by Crippen LogP contribution is 2.25. The van der Waals surface area contributed by atoms with Crippen molar-refractivity contribution in [1.29, 1.82) is 0 Å². The predicted molar refractivity (Wildman–Crippen MR) is 106 cm³/mol. The van der Waals surface area contributed by atoms with E-state index in [1.165, 1.54) is 5.56 Å². The van der Waals surface area contributed by atoms with Crippen LogP contribution in [0, 0.1) is 6.92 Å². The van der Waals surface area contributed by atoms with Crippen molar-refractivity contribution in [3.05, 3.63) is 76.4 Å². The van der Waals surface area contributed by atoms with Gasteiger partial charge in [-0.15, -0.1) is 12.4 Å². The molecule has 0 fully saturated rings. The Morgan fingerprint density at radius 1 is 1.12 bits per heavy atom. The molecule has 0 aliphatic heterocycles. The molecule has 0 radical (unpaired) electrons. The lowest BCUT2D eigenvalue weighted by atomic mass is 10.0. The van der Waals surface area contributed by atoms with Crippen LogP contribution in [-0.4, -0.2) is 17.4 Å². The Hall–Kier alpha value is -2.10. The van der Waals surface area contributed by atoms with Gasteiger partial charge in [0, 0.05) is 17.6 Å². The van der Waals surface area contributed by atoms with Crippen molar-refractivity contribution in [2.24, 2.45) is 0 Å². The average Bonchev–Trinajstić information content (AvgIpc) is 2.60. The standard InChI is InChI=1S/C20H19ClN2O.ClH/c1-13(15-6-4-3-5-7-15)12-22-20(24)19-16-9-8-14(2)23-18(16)11-10-17(19)21;/h3-11,13H,12H2,1-2H3,(H,22,24);1H/t13-;/m1./s1. The first-order valence-corrected chi connectivity index (χ1v) is 8.33. The second-order valence-corrected chi connectivity index (χ2v) is 6.37. The van der Waals surface area contributed by atoms with Gasteiger partial charge in [-0.25, -0.2) is 0 Å². The van der Waals surface area contributed by atoms with Gasteiger partial charge < -0.3 is 5.32 Å². The number of aryl methyl sites for hydroxylation is 1. The van der Waals surface area contributed by atoms with E-state index in [-0.39, 0.29) is 24.2 Å². The Labute approximate surface area is 158 Å². The molecule has 0 aliphatic rings. The van der Waals surface area contributed by atoms with Crippen LogP contribution in [0.25, 0.3) is 10.9 Å². The molecule has 3 aromatic rings. The molecular weight excluding hydrogens is 355 g/mol. The summed E-state index contributed by atoms with van der Waals surface area (Å²) >= 11 is 6.28. The molecule has 1 atom stereocenters. The summed E-state index contributed by atoms with van der Waals surface area (Å²) in [4.78, 5) is 17.1. The Bertz CT molecular complexity index is 882. The molecular formula is C20H20Cl2N2O. The van der Waals surface area contributed by atoms with Crippen LogP contribution in [0.3, 0.4) is 0 Å². The molecule has 1 amide bonds. The lowest BCUT2D eigenvalue weighted by Gasteiger charge is -2.14. The van der Waals surface area contributed by atoms with Crippen molar-refractivity contribution in [1.82, 2.24) is 10.3 Å². The number of nitrogens with zero attached hydrogens (tertiary/aromatic N) is 1. The fraction of sp³-hybridized carbons (Fsp3) is 0.200. The normalized spacial score (nSPS) is 11.6. The minimum absolute atomic E-state index is 0. The van der Waals surface area contributed by atoms with Gasteiger partial charge in [0.15, 0.2) is 0 Å². The Morgan fingerprint density at radius 3 is 2.56 bits per heavy atom. The summed E-state index contributed by atoms with van der Waals surface area (Å²) in [6, 6.07) is 17.5. The number of carbonyl (C=O) groups excluding carboxylic acids is 1. The number of nitrogens with one attached hydrogen (secondary N) is 1. The van der Waals surface area contributed by atoms with Gasteiger partial charge in [-0.05, 0) is 36.6 Å². The minimum Gasteiger partial charge on any atom is -0.351 e. The fourth-order valence-corrected chi connectivity index (χ4v) is 2.99. The lowest BCUT2D eigenvalue weighted by molar-refractivity contribution is 0.0953. The van der Waals surface area contributed by atoms with E-state index in [0.717, 1.165) is 16.6 Å². The van der Waals surface area contributed by atoms with E-state index in [9.17, 15) is 4.79 Å². The molecule has 0 unspecified atom stereocenters. The van der Waals surface area contributed by atoms with Gasteiger partial charge in [0.1, 0.15) is 0 Å². The van der Waals surface area contributed by atoms with Crippen LogP contribution in [0.2, 0.25) is 5.02 Å². The zero-order chi connectivity index (χ0) is 17.1. The van der Waals surface area contributed by atoms with Crippen molar-refractivity contribution < 1.29 is 4.79 Å². The molecule has 5 heteroatoms. The zero-order valence-electron chi connectivity index (χ0n) is 14.1. The van der Waals surface area contributed by atoms with Crippen LogP contribution >= 0.6 is 24.0 Å². The minimum atomic E-state index is -0.168. The summed E-state index contributed by atoms with van der Waals surface area (Å²) in [5.41, 5.74) is 3.37. The number of benzene rings is 2. The van der Waals surface area contributed by atoms with Gasteiger partial charge in [0.05, 0.1) is 16.1 Å². The third-order valence-corrected chi connectivity index (χ3v) is 4.44. The van der Waals surface area contributed by atoms with Gasteiger partial charge >= 0.3 is 0 Å². The number of rotatable bonds is 4. The number of carbonyl (C=O) groups is 1. The molecule has 25 heavy (non-hydrogen) atoms. The number of halogens is 2. The van der Waals surface area contributed by atoms with Gasteiger partial charge in [-0.3, -0.25) is 9.78 Å². The number of hydrogen-bond acceptors (Lipinski definition) is 2. The smallest absolute Gasteiger partial charge is 0.253 e. The van der Waals surface area contributed by atoms with Gasteiger partial charge in [-0.1, -0.05) is 54.9 Å². The van der Waals surface area contributed by atoms with E-state index in [1.54, 1.807) is 6.07 Å². The van der Waals surface area contributed by atoms with Crippen LogP contribution in [0.15, 0.2) is 54.6 Å². The van der Waals surface area contributed by atoms with Crippen LogP contribution in [0.5, 0.6) is 0 Å². The second-order valence-electron chi connectivity index (χ2n) is 5.96. The SMILES string of the molecule is Cc1ccc2c(C(=O)NC[C@@H](C)c3ccccc3)c(Cl)ccc2n1.Cl. The predicted octanol–water partition coefficient (Wildman–Crippen LogP) is 5.15. The van der Waals surface area contributed by atoms with Crippen LogP contribution < -0.4 is 5.32 Å².